The molecule has 1 atom stereocenters. The summed E-state index contributed by atoms with van der Waals surface area (Å²) in [6.07, 6.45) is 4.95. The minimum Gasteiger partial charge on any atom is -0.340 e. The molecule has 1 unspecified atom stereocenters. The highest BCUT2D eigenvalue weighted by Crippen LogP contribution is 2.23. The number of anilines is 1. The van der Waals surface area contributed by atoms with E-state index in [4.69, 9.17) is 0 Å². The third-order valence-electron chi connectivity index (χ3n) is 5.68. The molecule has 3 aromatic rings. The summed E-state index contributed by atoms with van der Waals surface area (Å²) in [4.78, 5) is 38.9. The molecule has 0 aromatic heterocycles. The lowest BCUT2D eigenvalue weighted by atomic mass is 9.99. The summed E-state index contributed by atoms with van der Waals surface area (Å²) < 4.78 is 0.828. The maximum atomic E-state index is 13.1. The van der Waals surface area contributed by atoms with E-state index in [-0.39, 0.29) is 6.42 Å². The van der Waals surface area contributed by atoms with Gasteiger partial charge in [-0.1, -0.05) is 83.2 Å². The summed E-state index contributed by atoms with van der Waals surface area (Å²) in [5.41, 5.74) is 4.48. The van der Waals surface area contributed by atoms with Gasteiger partial charge in [0.05, 0.1) is 6.42 Å². The molecule has 6 nitrogen and oxygen atoms in total. The van der Waals surface area contributed by atoms with Gasteiger partial charge in [0.25, 0.3) is 5.91 Å². The van der Waals surface area contributed by atoms with Crippen molar-refractivity contribution >= 4 is 39.3 Å². The van der Waals surface area contributed by atoms with E-state index in [2.05, 4.69) is 38.5 Å². The number of amides is 3. The van der Waals surface area contributed by atoms with Gasteiger partial charge in [0.1, 0.15) is 6.04 Å². The van der Waals surface area contributed by atoms with Crippen LogP contribution < -0.4 is 16.0 Å². The average Bonchev–Trinajstić information content (AvgIpc) is 2.92. The second-order valence-corrected chi connectivity index (χ2v) is 9.47. The van der Waals surface area contributed by atoms with E-state index in [1.165, 1.54) is 0 Å². The molecule has 0 aliphatic heterocycles. The molecule has 0 aliphatic rings. The van der Waals surface area contributed by atoms with Gasteiger partial charge < -0.3 is 16.0 Å². The molecule has 0 bridgehead atoms. The zero-order valence-corrected chi connectivity index (χ0v) is 22.9. The van der Waals surface area contributed by atoms with E-state index in [1.54, 1.807) is 48.6 Å². The van der Waals surface area contributed by atoms with Gasteiger partial charge in [-0.2, -0.15) is 0 Å². The van der Waals surface area contributed by atoms with Crippen molar-refractivity contribution in [1.29, 1.82) is 0 Å². The Hall–Kier alpha value is -4.23. The fourth-order valence-electron chi connectivity index (χ4n) is 3.63. The Morgan fingerprint density at radius 1 is 0.921 bits per heavy atom. The molecule has 38 heavy (non-hydrogen) atoms. The minimum atomic E-state index is -1.11. The van der Waals surface area contributed by atoms with Crippen molar-refractivity contribution in [3.05, 3.63) is 125 Å². The number of carbonyl (C=O) groups is 3. The molecule has 3 rings (SSSR count). The molecule has 0 saturated heterocycles. The summed E-state index contributed by atoms with van der Waals surface area (Å²) in [5, 5.41) is 8.12. The first-order valence-corrected chi connectivity index (χ1v) is 12.9. The number of para-hydroxylation sites is 1. The van der Waals surface area contributed by atoms with Crippen LogP contribution >= 0.6 is 15.9 Å². The van der Waals surface area contributed by atoms with Crippen molar-refractivity contribution in [2.24, 2.45) is 0 Å². The zero-order chi connectivity index (χ0) is 27.5. The van der Waals surface area contributed by atoms with Crippen molar-refractivity contribution < 1.29 is 14.4 Å². The first-order valence-electron chi connectivity index (χ1n) is 12.1. The number of carbonyl (C=O) groups excluding carboxylic acids is 3. The topological polar surface area (TPSA) is 87.3 Å². The maximum absolute atomic E-state index is 13.1. The number of benzene rings is 3. The smallest absolute Gasteiger partial charge is 0.251 e. The van der Waals surface area contributed by atoms with Crippen LogP contribution in [0.1, 0.15) is 29.3 Å². The predicted molar refractivity (Wildman–Crippen MR) is 157 cm³/mol. The van der Waals surface area contributed by atoms with Gasteiger partial charge in [0, 0.05) is 21.4 Å². The van der Waals surface area contributed by atoms with Gasteiger partial charge in [-0.3, -0.25) is 14.4 Å². The summed E-state index contributed by atoms with van der Waals surface area (Å²) in [5.74, 6) is -1.42. The average molecular weight is 573 g/mol. The molecule has 0 saturated carbocycles. The summed E-state index contributed by atoms with van der Waals surface area (Å²) >= 11 is 3.35. The molecule has 3 aromatic carbocycles. The highest BCUT2D eigenvalue weighted by atomic mass is 79.9. The van der Waals surface area contributed by atoms with Gasteiger partial charge in [0.15, 0.2) is 0 Å². The van der Waals surface area contributed by atoms with E-state index in [9.17, 15) is 14.4 Å². The fraction of sp³-hybridized carbons (Fsp3) is 0.129. The number of aryl methyl sites for hydroxylation is 1. The van der Waals surface area contributed by atoms with E-state index < -0.39 is 23.8 Å². The van der Waals surface area contributed by atoms with Crippen LogP contribution in [0, 0.1) is 6.92 Å². The number of halogens is 1. The molecule has 0 radical (unpaired) electrons. The van der Waals surface area contributed by atoms with Crippen molar-refractivity contribution in [1.82, 2.24) is 10.6 Å². The largest absolute Gasteiger partial charge is 0.340 e. The molecule has 0 fully saturated rings. The first-order chi connectivity index (χ1) is 18.3. The lowest BCUT2D eigenvalue weighted by Crippen LogP contribution is -2.46. The molecule has 7 heteroatoms. The molecular weight excluding hydrogens is 542 g/mol. The fourth-order valence-corrected chi connectivity index (χ4v) is 3.77. The van der Waals surface area contributed by atoms with E-state index >= 15 is 0 Å². The predicted octanol–water partition coefficient (Wildman–Crippen LogP) is 6.27. The Labute approximate surface area is 231 Å². The Balaban J connectivity index is 1.74. The monoisotopic (exact) mass is 571 g/mol. The molecule has 194 valence electrons. The summed E-state index contributed by atoms with van der Waals surface area (Å²) in [6, 6.07) is 22.9. The number of hydrogen-bond donors (Lipinski definition) is 3. The second kappa shape index (κ2) is 13.9. The van der Waals surface area contributed by atoms with Gasteiger partial charge in [-0.25, -0.2) is 0 Å². The van der Waals surface area contributed by atoms with Crippen LogP contribution in [0.5, 0.6) is 0 Å². The molecule has 3 amide bonds. The lowest BCUT2D eigenvalue weighted by Gasteiger charge is -2.19. The van der Waals surface area contributed by atoms with Crippen LogP contribution in [0.3, 0.4) is 0 Å². The summed E-state index contributed by atoms with van der Waals surface area (Å²) in [6.45, 7) is 7.71. The standard InChI is InChI=1S/C31H30BrN3O3/c1-4-25(32)19-14-22(3)33-29(36)20-28(31(38)34-26-11-6-5-7-12-26)35-30(37)24-17-15-23(16-18-24)27-13-9-8-10-21(27)2/h4-19,28H,3,20H2,1-2H3,(H,33,36)(H,34,38)(H,35,37)/b19-14-,25-4+. The third kappa shape index (κ3) is 8.42. The molecule has 0 heterocycles. The molecule has 3 N–H and O–H groups in total. The highest BCUT2D eigenvalue weighted by molar-refractivity contribution is 9.11. The van der Waals surface area contributed by atoms with Crippen molar-refractivity contribution in [3.63, 3.8) is 0 Å². The van der Waals surface area contributed by atoms with Gasteiger partial charge in [-0.05, 0) is 67.0 Å². The van der Waals surface area contributed by atoms with E-state index in [0.29, 0.717) is 16.9 Å². The maximum Gasteiger partial charge on any atom is 0.251 e. The molecule has 0 spiro atoms. The number of allylic oxidation sites excluding steroid dienone is 4. The second-order valence-electron chi connectivity index (χ2n) is 8.56. The SMILES string of the molecule is C=C(/C=C\C(Br)=C/C)NC(=O)CC(NC(=O)c1ccc(-c2ccccc2C)cc1)C(=O)Nc1ccccc1. The van der Waals surface area contributed by atoms with Crippen molar-refractivity contribution in [2.45, 2.75) is 26.3 Å². The zero-order valence-electron chi connectivity index (χ0n) is 21.3. The third-order valence-corrected chi connectivity index (χ3v) is 6.40. The minimum absolute atomic E-state index is 0.274. The van der Waals surface area contributed by atoms with Crippen LogP contribution in [0.4, 0.5) is 5.69 Å². The van der Waals surface area contributed by atoms with Gasteiger partial charge in [-0.15, -0.1) is 0 Å². The first kappa shape index (κ1) is 28.3. The number of rotatable bonds is 10. The van der Waals surface area contributed by atoms with Crippen LogP contribution in [-0.4, -0.2) is 23.8 Å². The van der Waals surface area contributed by atoms with Gasteiger partial charge in [0.2, 0.25) is 11.8 Å². The van der Waals surface area contributed by atoms with Crippen LogP contribution in [0.2, 0.25) is 0 Å². The summed E-state index contributed by atoms with van der Waals surface area (Å²) in [7, 11) is 0. The number of nitrogens with one attached hydrogen (secondary N) is 3. The van der Waals surface area contributed by atoms with E-state index in [0.717, 1.165) is 21.2 Å². The Bertz CT molecular complexity index is 1360. The molecule has 0 aliphatic carbocycles. The Morgan fingerprint density at radius 3 is 2.24 bits per heavy atom. The van der Waals surface area contributed by atoms with Gasteiger partial charge >= 0.3 is 0 Å². The number of hydrogen-bond acceptors (Lipinski definition) is 3. The van der Waals surface area contributed by atoms with Crippen molar-refractivity contribution in [3.8, 4) is 11.1 Å². The molecular formula is C31H30BrN3O3. The van der Waals surface area contributed by atoms with Crippen molar-refractivity contribution in [2.75, 3.05) is 5.32 Å². The Morgan fingerprint density at radius 2 is 1.58 bits per heavy atom. The highest BCUT2D eigenvalue weighted by Gasteiger charge is 2.25. The quantitative estimate of drug-likeness (QED) is 0.250. The lowest BCUT2D eigenvalue weighted by molar-refractivity contribution is -0.125. The van der Waals surface area contributed by atoms with Crippen LogP contribution in [-0.2, 0) is 9.59 Å². The normalized spacial score (nSPS) is 12.0. The van der Waals surface area contributed by atoms with Crippen LogP contribution in [0.15, 0.2) is 114 Å². The van der Waals surface area contributed by atoms with Crippen LogP contribution in [0.25, 0.3) is 11.1 Å². The Kier molecular flexibility index (Phi) is 10.4. The van der Waals surface area contributed by atoms with E-state index in [1.807, 2.05) is 62.4 Å².